The molecule has 1 amide bonds. The van der Waals surface area contributed by atoms with E-state index in [1.54, 1.807) is 0 Å². The van der Waals surface area contributed by atoms with Crippen molar-refractivity contribution in [2.75, 3.05) is 13.1 Å². The molecule has 0 N–H and O–H groups in total. The number of piperidine rings is 1. The molecule has 1 unspecified atom stereocenters. The lowest BCUT2D eigenvalue weighted by Gasteiger charge is -2.32. The number of likely N-dealkylation sites (tertiary alicyclic amines) is 1. The van der Waals surface area contributed by atoms with E-state index >= 15 is 0 Å². The standard InChI is InChI=1S/C18H27NO2/c1-5-17(18(20)19-10-8-13(2)9-11-19)21-16-7-6-14(3)15(4)12-16/h6-7,12-13,17H,5,8-11H2,1-4H3. The van der Waals surface area contributed by atoms with Crippen molar-refractivity contribution in [1.82, 2.24) is 4.90 Å². The van der Waals surface area contributed by atoms with Gasteiger partial charge in [0.25, 0.3) is 5.91 Å². The zero-order chi connectivity index (χ0) is 15.4. The van der Waals surface area contributed by atoms with Crippen LogP contribution in [0.1, 0.15) is 44.2 Å². The van der Waals surface area contributed by atoms with Crippen LogP contribution in [-0.4, -0.2) is 30.0 Å². The number of rotatable bonds is 4. The van der Waals surface area contributed by atoms with Crippen molar-refractivity contribution in [3.8, 4) is 5.75 Å². The summed E-state index contributed by atoms with van der Waals surface area (Å²) in [7, 11) is 0. The van der Waals surface area contributed by atoms with E-state index < -0.39 is 0 Å². The Hall–Kier alpha value is -1.51. The van der Waals surface area contributed by atoms with Gasteiger partial charge in [0.2, 0.25) is 0 Å². The number of amides is 1. The molecule has 1 atom stereocenters. The Kier molecular flexibility index (Phi) is 5.27. The SMILES string of the molecule is CCC(Oc1ccc(C)c(C)c1)C(=O)N1CCC(C)CC1. The molecule has 3 heteroatoms. The molecule has 1 aliphatic rings. The van der Waals surface area contributed by atoms with E-state index in [0.717, 1.165) is 37.6 Å². The van der Waals surface area contributed by atoms with Gasteiger partial charge in [0, 0.05) is 13.1 Å². The molecule has 116 valence electrons. The summed E-state index contributed by atoms with van der Waals surface area (Å²) in [5.74, 6) is 1.67. The molecule has 2 rings (SSSR count). The highest BCUT2D eigenvalue weighted by molar-refractivity contribution is 5.81. The van der Waals surface area contributed by atoms with Crippen molar-refractivity contribution >= 4 is 5.91 Å². The quantitative estimate of drug-likeness (QED) is 0.845. The van der Waals surface area contributed by atoms with Gasteiger partial charge in [0.05, 0.1) is 0 Å². The molecule has 1 aromatic rings. The van der Waals surface area contributed by atoms with Crippen molar-refractivity contribution in [2.24, 2.45) is 5.92 Å². The minimum atomic E-state index is -0.361. The van der Waals surface area contributed by atoms with Gasteiger partial charge in [0.15, 0.2) is 6.10 Å². The van der Waals surface area contributed by atoms with Crippen LogP contribution in [0.25, 0.3) is 0 Å². The summed E-state index contributed by atoms with van der Waals surface area (Å²) in [6, 6.07) is 6.02. The van der Waals surface area contributed by atoms with Gasteiger partial charge in [-0.2, -0.15) is 0 Å². The van der Waals surface area contributed by atoms with Crippen molar-refractivity contribution in [1.29, 1.82) is 0 Å². The molecule has 1 aliphatic heterocycles. The highest BCUT2D eigenvalue weighted by Gasteiger charge is 2.27. The summed E-state index contributed by atoms with van der Waals surface area (Å²) in [6.45, 7) is 10.1. The molecule has 0 aliphatic carbocycles. The summed E-state index contributed by atoms with van der Waals surface area (Å²) in [6.07, 6.45) is 2.55. The van der Waals surface area contributed by atoms with Gasteiger partial charge in [-0.05, 0) is 62.3 Å². The zero-order valence-corrected chi connectivity index (χ0v) is 13.7. The average Bonchev–Trinajstić information content (AvgIpc) is 2.48. The molecule has 1 aromatic carbocycles. The fourth-order valence-electron chi connectivity index (χ4n) is 2.69. The second kappa shape index (κ2) is 6.97. The molecule has 0 radical (unpaired) electrons. The third-order valence-corrected chi connectivity index (χ3v) is 4.50. The van der Waals surface area contributed by atoms with Crippen LogP contribution in [-0.2, 0) is 4.79 Å². The van der Waals surface area contributed by atoms with Gasteiger partial charge in [-0.1, -0.05) is 19.9 Å². The molecule has 0 saturated carbocycles. The second-order valence-electron chi connectivity index (χ2n) is 6.27. The number of ether oxygens (including phenoxy) is 1. The molecule has 1 saturated heterocycles. The lowest BCUT2D eigenvalue weighted by atomic mass is 9.99. The number of carbonyl (C=O) groups excluding carboxylic acids is 1. The van der Waals surface area contributed by atoms with Gasteiger partial charge < -0.3 is 9.64 Å². The number of aryl methyl sites for hydroxylation is 2. The first-order valence-corrected chi connectivity index (χ1v) is 8.04. The molecule has 1 fully saturated rings. The van der Waals surface area contributed by atoms with Crippen LogP contribution in [0.3, 0.4) is 0 Å². The number of hydrogen-bond donors (Lipinski definition) is 0. The normalized spacial score (nSPS) is 17.6. The average molecular weight is 289 g/mol. The zero-order valence-electron chi connectivity index (χ0n) is 13.7. The first-order valence-electron chi connectivity index (χ1n) is 8.04. The first-order chi connectivity index (χ1) is 10.0. The highest BCUT2D eigenvalue weighted by Crippen LogP contribution is 2.21. The lowest BCUT2D eigenvalue weighted by Crippen LogP contribution is -2.45. The van der Waals surface area contributed by atoms with E-state index in [4.69, 9.17) is 4.74 Å². The van der Waals surface area contributed by atoms with E-state index in [2.05, 4.69) is 20.8 Å². The lowest BCUT2D eigenvalue weighted by molar-refractivity contribution is -0.140. The van der Waals surface area contributed by atoms with Gasteiger partial charge >= 0.3 is 0 Å². The van der Waals surface area contributed by atoms with Gasteiger partial charge in [-0.25, -0.2) is 0 Å². The molecule has 0 spiro atoms. The maximum atomic E-state index is 12.6. The van der Waals surface area contributed by atoms with Crippen LogP contribution >= 0.6 is 0 Å². The fourth-order valence-corrected chi connectivity index (χ4v) is 2.69. The van der Waals surface area contributed by atoms with E-state index in [1.807, 2.05) is 30.0 Å². The van der Waals surface area contributed by atoms with E-state index in [9.17, 15) is 4.79 Å². The number of benzene rings is 1. The predicted octanol–water partition coefficient (Wildman–Crippen LogP) is 3.72. The molecular formula is C18H27NO2. The van der Waals surface area contributed by atoms with E-state index in [0.29, 0.717) is 6.42 Å². The fraction of sp³-hybridized carbons (Fsp3) is 0.611. The van der Waals surface area contributed by atoms with Crippen molar-refractivity contribution in [3.05, 3.63) is 29.3 Å². The Morgan fingerprint density at radius 3 is 2.52 bits per heavy atom. The smallest absolute Gasteiger partial charge is 0.263 e. The molecule has 0 aromatic heterocycles. The summed E-state index contributed by atoms with van der Waals surface area (Å²) in [4.78, 5) is 14.6. The molecular weight excluding hydrogens is 262 g/mol. The largest absolute Gasteiger partial charge is 0.481 e. The Morgan fingerprint density at radius 2 is 1.95 bits per heavy atom. The summed E-state index contributed by atoms with van der Waals surface area (Å²) in [5.41, 5.74) is 2.44. The number of nitrogens with zero attached hydrogens (tertiary/aromatic N) is 1. The Bertz CT molecular complexity index is 490. The topological polar surface area (TPSA) is 29.5 Å². The summed E-state index contributed by atoms with van der Waals surface area (Å²) in [5, 5.41) is 0. The number of carbonyl (C=O) groups is 1. The second-order valence-corrected chi connectivity index (χ2v) is 6.27. The Balaban J connectivity index is 2.01. The molecule has 21 heavy (non-hydrogen) atoms. The minimum absolute atomic E-state index is 0.141. The third-order valence-electron chi connectivity index (χ3n) is 4.50. The molecule has 1 heterocycles. The van der Waals surface area contributed by atoms with Gasteiger partial charge in [-0.3, -0.25) is 4.79 Å². The highest BCUT2D eigenvalue weighted by atomic mass is 16.5. The monoisotopic (exact) mass is 289 g/mol. The summed E-state index contributed by atoms with van der Waals surface area (Å²) >= 11 is 0. The molecule has 0 bridgehead atoms. The molecule has 3 nitrogen and oxygen atoms in total. The van der Waals surface area contributed by atoms with Crippen LogP contribution in [0.2, 0.25) is 0 Å². The van der Waals surface area contributed by atoms with Crippen LogP contribution in [0, 0.1) is 19.8 Å². The summed E-state index contributed by atoms with van der Waals surface area (Å²) < 4.78 is 5.95. The van der Waals surface area contributed by atoms with Crippen LogP contribution in [0.4, 0.5) is 0 Å². The Labute approximate surface area is 128 Å². The van der Waals surface area contributed by atoms with Gasteiger partial charge in [-0.15, -0.1) is 0 Å². The predicted molar refractivity (Wildman–Crippen MR) is 85.6 cm³/mol. The van der Waals surface area contributed by atoms with Crippen LogP contribution < -0.4 is 4.74 Å². The first kappa shape index (κ1) is 15.9. The third kappa shape index (κ3) is 3.99. The van der Waals surface area contributed by atoms with Crippen molar-refractivity contribution < 1.29 is 9.53 Å². The van der Waals surface area contributed by atoms with Crippen molar-refractivity contribution in [2.45, 2.75) is 53.1 Å². The Morgan fingerprint density at radius 1 is 1.29 bits per heavy atom. The minimum Gasteiger partial charge on any atom is -0.481 e. The van der Waals surface area contributed by atoms with Gasteiger partial charge in [0.1, 0.15) is 5.75 Å². The van der Waals surface area contributed by atoms with Crippen LogP contribution in [0.5, 0.6) is 5.75 Å². The van der Waals surface area contributed by atoms with E-state index in [1.165, 1.54) is 11.1 Å². The number of hydrogen-bond acceptors (Lipinski definition) is 2. The maximum Gasteiger partial charge on any atom is 0.263 e. The maximum absolute atomic E-state index is 12.6. The van der Waals surface area contributed by atoms with Crippen molar-refractivity contribution in [3.63, 3.8) is 0 Å². The van der Waals surface area contributed by atoms with Crippen LogP contribution in [0.15, 0.2) is 18.2 Å². The van der Waals surface area contributed by atoms with E-state index in [-0.39, 0.29) is 12.0 Å².